The number of aromatic nitrogens is 2. The van der Waals surface area contributed by atoms with Crippen LogP contribution in [0.5, 0.6) is 0 Å². The zero-order chi connectivity index (χ0) is 16.5. The van der Waals surface area contributed by atoms with E-state index in [2.05, 4.69) is 14.9 Å². The molecule has 0 fully saturated rings. The molecule has 0 aliphatic carbocycles. The van der Waals surface area contributed by atoms with Gasteiger partial charge in [-0.2, -0.15) is 0 Å². The Hall–Kier alpha value is -1.45. The molecule has 2 heterocycles. The Morgan fingerprint density at radius 1 is 1.41 bits per heavy atom. The molecule has 22 heavy (non-hydrogen) atoms. The Morgan fingerprint density at radius 2 is 2.09 bits per heavy atom. The second kappa shape index (κ2) is 6.35. The van der Waals surface area contributed by atoms with Gasteiger partial charge in [0.1, 0.15) is 5.76 Å². The van der Waals surface area contributed by atoms with E-state index in [1.54, 1.807) is 20.8 Å². The van der Waals surface area contributed by atoms with E-state index in [9.17, 15) is 13.2 Å². The van der Waals surface area contributed by atoms with Crippen LogP contribution in [0.25, 0.3) is 0 Å². The molecule has 0 aromatic carbocycles. The van der Waals surface area contributed by atoms with Gasteiger partial charge in [0.15, 0.2) is 4.21 Å². The molecular weight excluding hydrogens is 326 g/mol. The first-order valence-corrected chi connectivity index (χ1v) is 9.20. The number of aryl methyl sites for hydroxylation is 3. The van der Waals surface area contributed by atoms with Gasteiger partial charge in [-0.25, -0.2) is 13.1 Å². The maximum atomic E-state index is 12.4. The SMILES string of the molecule is CCc1[nH]c(=O)sc1S(=O)(=O)NC(C)Cc1c(C)noc1C. The smallest absolute Gasteiger partial charge is 0.306 e. The molecule has 1 atom stereocenters. The number of hydrogen-bond donors (Lipinski definition) is 2. The van der Waals surface area contributed by atoms with Gasteiger partial charge in [0.25, 0.3) is 10.0 Å². The lowest BCUT2D eigenvalue weighted by Crippen LogP contribution is -2.34. The molecule has 0 saturated heterocycles. The lowest BCUT2D eigenvalue weighted by atomic mass is 10.1. The van der Waals surface area contributed by atoms with Crippen molar-refractivity contribution in [3.05, 3.63) is 32.4 Å². The second-order valence-corrected chi connectivity index (χ2v) is 8.06. The molecule has 122 valence electrons. The number of nitrogens with zero attached hydrogens (tertiary/aromatic N) is 1. The average molecular weight is 345 g/mol. The van der Waals surface area contributed by atoms with Crippen LogP contribution in [-0.4, -0.2) is 24.6 Å². The van der Waals surface area contributed by atoms with Crippen molar-refractivity contribution >= 4 is 21.4 Å². The van der Waals surface area contributed by atoms with E-state index in [1.165, 1.54) is 0 Å². The van der Waals surface area contributed by atoms with E-state index >= 15 is 0 Å². The number of aromatic amines is 1. The minimum atomic E-state index is -3.72. The summed E-state index contributed by atoms with van der Waals surface area (Å²) in [4.78, 5) is 13.6. The van der Waals surface area contributed by atoms with Crippen LogP contribution in [0.1, 0.15) is 36.6 Å². The van der Waals surface area contributed by atoms with Crippen molar-refractivity contribution in [1.82, 2.24) is 14.9 Å². The first-order valence-electron chi connectivity index (χ1n) is 6.90. The highest BCUT2D eigenvalue weighted by Crippen LogP contribution is 2.19. The molecule has 0 amide bonds. The molecule has 2 rings (SSSR count). The molecule has 0 saturated carbocycles. The van der Waals surface area contributed by atoms with Gasteiger partial charge in [0.2, 0.25) is 0 Å². The summed E-state index contributed by atoms with van der Waals surface area (Å²) in [7, 11) is -3.72. The molecule has 2 N–H and O–H groups in total. The number of rotatable bonds is 6. The third-order valence-electron chi connectivity index (χ3n) is 3.33. The highest BCUT2D eigenvalue weighted by molar-refractivity contribution is 7.91. The fourth-order valence-electron chi connectivity index (χ4n) is 2.25. The number of hydrogen-bond acceptors (Lipinski definition) is 6. The Labute approximate surface area is 132 Å². The molecule has 1 unspecified atom stereocenters. The predicted molar refractivity (Wildman–Crippen MR) is 83.8 cm³/mol. The van der Waals surface area contributed by atoms with E-state index in [0.29, 0.717) is 35.6 Å². The first-order chi connectivity index (χ1) is 10.2. The monoisotopic (exact) mass is 345 g/mol. The summed E-state index contributed by atoms with van der Waals surface area (Å²) in [6, 6.07) is -0.344. The second-order valence-electron chi connectivity index (χ2n) is 5.16. The van der Waals surface area contributed by atoms with Crippen molar-refractivity contribution in [2.75, 3.05) is 0 Å². The van der Waals surface area contributed by atoms with Crippen LogP contribution in [0.3, 0.4) is 0 Å². The quantitative estimate of drug-likeness (QED) is 0.826. The van der Waals surface area contributed by atoms with Crippen molar-refractivity contribution in [3.8, 4) is 0 Å². The van der Waals surface area contributed by atoms with Gasteiger partial charge in [-0.3, -0.25) is 4.79 Å². The number of nitrogens with one attached hydrogen (secondary N) is 2. The van der Waals surface area contributed by atoms with Gasteiger partial charge in [-0.15, -0.1) is 0 Å². The largest absolute Gasteiger partial charge is 0.361 e. The lowest BCUT2D eigenvalue weighted by Gasteiger charge is -2.13. The average Bonchev–Trinajstić information content (AvgIpc) is 2.96. The van der Waals surface area contributed by atoms with E-state index in [4.69, 9.17) is 4.52 Å². The minimum Gasteiger partial charge on any atom is -0.361 e. The molecular formula is C13H19N3O4S2. The standard InChI is InChI=1S/C13H19N3O4S2/c1-5-11-12(21-13(17)14-11)22(18,19)16-7(2)6-10-8(3)15-20-9(10)4/h7,16H,5-6H2,1-4H3,(H,14,17). The van der Waals surface area contributed by atoms with Crippen LogP contribution in [0, 0.1) is 13.8 Å². The maximum absolute atomic E-state index is 12.4. The highest BCUT2D eigenvalue weighted by atomic mass is 32.2. The van der Waals surface area contributed by atoms with E-state index in [1.807, 2.05) is 6.92 Å². The summed E-state index contributed by atoms with van der Waals surface area (Å²) in [5, 5.41) is 3.86. The molecule has 2 aromatic rings. The van der Waals surface area contributed by atoms with Crippen molar-refractivity contribution < 1.29 is 12.9 Å². The van der Waals surface area contributed by atoms with Crippen LogP contribution in [0.15, 0.2) is 13.5 Å². The molecule has 0 spiro atoms. The summed E-state index contributed by atoms with van der Waals surface area (Å²) in [6.07, 6.45) is 0.925. The van der Waals surface area contributed by atoms with Gasteiger partial charge in [-0.1, -0.05) is 23.4 Å². The summed E-state index contributed by atoms with van der Waals surface area (Å²) in [5.74, 6) is 0.684. The normalized spacial score (nSPS) is 13.5. The lowest BCUT2D eigenvalue weighted by molar-refractivity contribution is 0.392. The maximum Gasteiger partial charge on any atom is 0.306 e. The summed E-state index contributed by atoms with van der Waals surface area (Å²) in [6.45, 7) is 7.18. The van der Waals surface area contributed by atoms with Crippen LogP contribution >= 0.6 is 11.3 Å². The Kier molecular flexibility index (Phi) is 4.88. The predicted octanol–water partition coefficient (Wildman–Crippen LogP) is 1.51. The molecule has 0 radical (unpaired) electrons. The molecule has 9 heteroatoms. The van der Waals surface area contributed by atoms with Crippen LogP contribution in [0.2, 0.25) is 0 Å². The summed E-state index contributed by atoms with van der Waals surface area (Å²) >= 11 is 0.710. The van der Waals surface area contributed by atoms with Gasteiger partial charge in [-0.05, 0) is 33.6 Å². The number of sulfonamides is 1. The fraction of sp³-hybridized carbons (Fsp3) is 0.538. The highest BCUT2D eigenvalue weighted by Gasteiger charge is 2.24. The molecule has 0 bridgehead atoms. The van der Waals surface area contributed by atoms with Crippen LogP contribution < -0.4 is 9.60 Å². The van der Waals surface area contributed by atoms with Gasteiger partial charge in [0, 0.05) is 17.3 Å². The Balaban J connectivity index is 2.19. The van der Waals surface area contributed by atoms with E-state index in [-0.39, 0.29) is 15.1 Å². The van der Waals surface area contributed by atoms with E-state index in [0.717, 1.165) is 11.3 Å². The third kappa shape index (κ3) is 3.47. The number of H-pyrrole nitrogens is 1. The van der Waals surface area contributed by atoms with Crippen molar-refractivity contribution in [3.63, 3.8) is 0 Å². The van der Waals surface area contributed by atoms with Gasteiger partial charge >= 0.3 is 4.87 Å². The third-order valence-corrected chi connectivity index (χ3v) is 6.40. The molecule has 2 aromatic heterocycles. The Morgan fingerprint density at radius 3 is 2.64 bits per heavy atom. The van der Waals surface area contributed by atoms with Crippen molar-refractivity contribution in [2.45, 2.75) is 50.8 Å². The minimum absolute atomic E-state index is 0.0608. The summed E-state index contributed by atoms with van der Waals surface area (Å²) in [5.41, 5.74) is 2.09. The van der Waals surface area contributed by atoms with Crippen molar-refractivity contribution in [2.24, 2.45) is 0 Å². The zero-order valence-corrected chi connectivity index (χ0v) is 14.5. The van der Waals surface area contributed by atoms with Gasteiger partial charge in [0.05, 0.1) is 5.69 Å². The molecule has 7 nitrogen and oxygen atoms in total. The van der Waals surface area contributed by atoms with Crippen molar-refractivity contribution in [1.29, 1.82) is 0 Å². The topological polar surface area (TPSA) is 105 Å². The Bertz CT molecular complexity index is 797. The first kappa shape index (κ1) is 16.9. The molecule has 0 aliphatic heterocycles. The zero-order valence-electron chi connectivity index (χ0n) is 12.9. The number of thiazole rings is 1. The van der Waals surface area contributed by atoms with Gasteiger partial charge < -0.3 is 9.51 Å². The van der Waals surface area contributed by atoms with E-state index < -0.39 is 10.0 Å². The molecule has 0 aliphatic rings. The van der Waals surface area contributed by atoms with Crippen LogP contribution in [0.4, 0.5) is 0 Å². The van der Waals surface area contributed by atoms with Crippen LogP contribution in [-0.2, 0) is 22.9 Å². The summed E-state index contributed by atoms with van der Waals surface area (Å²) < 4.78 is 32.6. The fourth-order valence-corrected chi connectivity index (χ4v) is 4.97.